The van der Waals surface area contributed by atoms with E-state index in [4.69, 9.17) is 28.2 Å². The standard InChI is InChI=1S/C27H22ClFN4O2S2/c28-17-8-10-18(11-9-17)37-24-13-12-22(35-24)26-25(21-7-3-4-15-30-21)32-27(36)33(26)16-14-23(34)31-20-6-2-1-5-19(20)29/h1-13,15,25-26H,14,16H2,(H,31,34)(H,32,36)/t25-,26+/m1/s1. The van der Waals surface area contributed by atoms with Crippen LogP contribution in [-0.4, -0.2) is 27.4 Å². The molecule has 0 aliphatic carbocycles. The molecule has 10 heteroatoms. The fourth-order valence-electron chi connectivity index (χ4n) is 4.12. The van der Waals surface area contributed by atoms with Crippen LogP contribution in [0.5, 0.6) is 0 Å². The van der Waals surface area contributed by atoms with Gasteiger partial charge >= 0.3 is 0 Å². The van der Waals surface area contributed by atoms with E-state index in [1.54, 1.807) is 18.3 Å². The fourth-order valence-corrected chi connectivity index (χ4v) is 5.36. The molecule has 2 N–H and O–H groups in total. The molecule has 0 saturated carbocycles. The molecule has 1 aliphatic heterocycles. The van der Waals surface area contributed by atoms with Crippen molar-refractivity contribution in [1.29, 1.82) is 0 Å². The summed E-state index contributed by atoms with van der Waals surface area (Å²) in [6, 6.07) is 22.5. The zero-order chi connectivity index (χ0) is 25.8. The molecule has 1 fully saturated rings. The summed E-state index contributed by atoms with van der Waals surface area (Å²) in [4.78, 5) is 20.1. The molecule has 2 atom stereocenters. The van der Waals surface area contributed by atoms with Crippen LogP contribution < -0.4 is 10.6 Å². The lowest BCUT2D eigenvalue weighted by Gasteiger charge is -2.25. The van der Waals surface area contributed by atoms with E-state index in [0.717, 1.165) is 10.6 Å². The molecule has 37 heavy (non-hydrogen) atoms. The normalized spacial score (nSPS) is 17.0. The van der Waals surface area contributed by atoms with Gasteiger partial charge in [-0.15, -0.1) is 0 Å². The van der Waals surface area contributed by atoms with Crippen LogP contribution in [0.25, 0.3) is 0 Å². The van der Waals surface area contributed by atoms with Crippen molar-refractivity contribution in [2.24, 2.45) is 0 Å². The number of halogens is 2. The number of hydrogen-bond acceptors (Lipinski definition) is 5. The highest BCUT2D eigenvalue weighted by Crippen LogP contribution is 2.41. The molecule has 0 spiro atoms. The lowest BCUT2D eigenvalue weighted by atomic mass is 10.0. The maximum absolute atomic E-state index is 14.0. The zero-order valence-corrected chi connectivity index (χ0v) is 21.8. The topological polar surface area (TPSA) is 70.4 Å². The summed E-state index contributed by atoms with van der Waals surface area (Å²) >= 11 is 13.1. The quantitative estimate of drug-likeness (QED) is 0.238. The van der Waals surface area contributed by atoms with Crippen molar-refractivity contribution in [3.05, 3.63) is 107 Å². The smallest absolute Gasteiger partial charge is 0.226 e. The van der Waals surface area contributed by atoms with E-state index in [2.05, 4.69) is 15.6 Å². The molecule has 3 heterocycles. The van der Waals surface area contributed by atoms with E-state index in [0.29, 0.717) is 27.5 Å². The number of para-hydroxylation sites is 1. The maximum Gasteiger partial charge on any atom is 0.226 e. The van der Waals surface area contributed by atoms with Gasteiger partial charge in [-0.2, -0.15) is 0 Å². The number of thiocarbonyl (C=S) groups is 1. The first-order valence-corrected chi connectivity index (χ1v) is 13.1. The number of furan rings is 1. The van der Waals surface area contributed by atoms with Crippen LogP contribution in [0.2, 0.25) is 5.02 Å². The highest BCUT2D eigenvalue weighted by molar-refractivity contribution is 7.99. The number of carbonyl (C=O) groups excluding carboxylic acids is 1. The number of rotatable bonds is 8. The Morgan fingerprint density at radius 1 is 1.11 bits per heavy atom. The van der Waals surface area contributed by atoms with Gasteiger partial charge in [-0.3, -0.25) is 9.78 Å². The summed E-state index contributed by atoms with van der Waals surface area (Å²) in [6.07, 6.45) is 1.83. The van der Waals surface area contributed by atoms with E-state index in [-0.39, 0.29) is 30.1 Å². The highest BCUT2D eigenvalue weighted by atomic mass is 35.5. The van der Waals surface area contributed by atoms with Gasteiger partial charge in [0.2, 0.25) is 5.91 Å². The van der Waals surface area contributed by atoms with Crippen LogP contribution >= 0.6 is 35.6 Å². The lowest BCUT2D eigenvalue weighted by Crippen LogP contribution is -2.32. The van der Waals surface area contributed by atoms with Crippen LogP contribution in [0, 0.1) is 5.82 Å². The molecule has 1 aliphatic rings. The van der Waals surface area contributed by atoms with E-state index >= 15 is 0 Å². The molecule has 0 bridgehead atoms. The van der Waals surface area contributed by atoms with Gasteiger partial charge in [0.1, 0.15) is 17.6 Å². The SMILES string of the molecule is O=C(CCN1C(=S)N[C@H](c2ccccn2)[C@@H]1c1ccc(Sc2ccc(Cl)cc2)o1)Nc1ccccc1F. The van der Waals surface area contributed by atoms with Gasteiger partial charge in [0.15, 0.2) is 10.2 Å². The van der Waals surface area contributed by atoms with Gasteiger partial charge in [-0.05, 0) is 72.9 Å². The zero-order valence-electron chi connectivity index (χ0n) is 19.4. The maximum atomic E-state index is 14.0. The van der Waals surface area contributed by atoms with Gasteiger partial charge in [-0.25, -0.2) is 4.39 Å². The molecular weight excluding hydrogens is 531 g/mol. The number of hydrogen-bond donors (Lipinski definition) is 2. The van der Waals surface area contributed by atoms with Crippen LogP contribution in [0.1, 0.15) is 30.0 Å². The molecule has 5 rings (SSSR count). The summed E-state index contributed by atoms with van der Waals surface area (Å²) in [5.74, 6) is -0.107. The van der Waals surface area contributed by atoms with Crippen LogP contribution in [0.4, 0.5) is 10.1 Å². The Morgan fingerprint density at radius 3 is 2.65 bits per heavy atom. The molecule has 1 saturated heterocycles. The van der Waals surface area contributed by atoms with Crippen molar-refractivity contribution in [1.82, 2.24) is 15.2 Å². The number of nitrogens with one attached hydrogen (secondary N) is 2. The van der Waals surface area contributed by atoms with E-state index in [1.165, 1.54) is 23.9 Å². The number of nitrogens with zero attached hydrogens (tertiary/aromatic N) is 2. The minimum atomic E-state index is -0.483. The van der Waals surface area contributed by atoms with Crippen molar-refractivity contribution < 1.29 is 13.6 Å². The van der Waals surface area contributed by atoms with Crippen molar-refractivity contribution in [2.75, 3.05) is 11.9 Å². The predicted molar refractivity (Wildman–Crippen MR) is 146 cm³/mol. The Balaban J connectivity index is 1.36. The summed E-state index contributed by atoms with van der Waals surface area (Å²) in [5.41, 5.74) is 0.948. The average Bonchev–Trinajstić information content (AvgIpc) is 3.49. The Kier molecular flexibility index (Phi) is 7.73. The van der Waals surface area contributed by atoms with Gasteiger partial charge in [-0.1, -0.05) is 41.6 Å². The third-order valence-electron chi connectivity index (χ3n) is 5.85. The second-order valence-corrected chi connectivity index (χ2v) is 10.2. The molecule has 2 aromatic carbocycles. The summed E-state index contributed by atoms with van der Waals surface area (Å²) in [7, 11) is 0. The van der Waals surface area contributed by atoms with E-state index in [9.17, 15) is 9.18 Å². The summed E-state index contributed by atoms with van der Waals surface area (Å²) < 4.78 is 20.2. The number of benzene rings is 2. The molecule has 0 unspecified atom stereocenters. The third kappa shape index (κ3) is 5.95. The van der Waals surface area contributed by atoms with Crippen LogP contribution in [-0.2, 0) is 4.79 Å². The largest absolute Gasteiger partial charge is 0.452 e. The first-order chi connectivity index (χ1) is 18.0. The number of aromatic nitrogens is 1. The monoisotopic (exact) mass is 552 g/mol. The number of pyridine rings is 1. The first kappa shape index (κ1) is 25.3. The molecular formula is C27H22ClFN4O2S2. The lowest BCUT2D eigenvalue weighted by molar-refractivity contribution is -0.116. The predicted octanol–water partition coefficient (Wildman–Crippen LogP) is 6.62. The van der Waals surface area contributed by atoms with Crippen molar-refractivity contribution in [2.45, 2.75) is 28.5 Å². The van der Waals surface area contributed by atoms with Gasteiger partial charge in [0.05, 0.1) is 17.4 Å². The average molecular weight is 553 g/mol. The second-order valence-electron chi connectivity index (χ2n) is 8.31. The summed E-state index contributed by atoms with van der Waals surface area (Å²) in [6.45, 7) is 0.306. The Labute approximate surface area is 228 Å². The Morgan fingerprint density at radius 2 is 1.89 bits per heavy atom. The third-order valence-corrected chi connectivity index (χ3v) is 7.38. The van der Waals surface area contributed by atoms with Gasteiger partial charge in [0, 0.05) is 29.1 Å². The first-order valence-electron chi connectivity index (χ1n) is 11.5. The summed E-state index contributed by atoms with van der Waals surface area (Å²) in [5, 5.41) is 7.84. The Bertz CT molecular complexity index is 1400. The minimum Gasteiger partial charge on any atom is -0.452 e. The molecule has 4 aromatic rings. The van der Waals surface area contributed by atoms with Crippen molar-refractivity contribution in [3.63, 3.8) is 0 Å². The molecule has 1 amide bonds. The fraction of sp³-hybridized carbons (Fsp3) is 0.148. The van der Waals surface area contributed by atoms with E-state index < -0.39 is 5.82 Å². The molecule has 2 aromatic heterocycles. The van der Waals surface area contributed by atoms with Crippen LogP contribution in [0.15, 0.2) is 99.5 Å². The Hall–Kier alpha value is -3.40. The van der Waals surface area contributed by atoms with Crippen molar-refractivity contribution >= 4 is 52.3 Å². The molecule has 6 nitrogen and oxygen atoms in total. The highest BCUT2D eigenvalue weighted by Gasteiger charge is 2.41. The minimum absolute atomic E-state index is 0.106. The van der Waals surface area contributed by atoms with Crippen molar-refractivity contribution in [3.8, 4) is 0 Å². The number of anilines is 1. The van der Waals surface area contributed by atoms with Gasteiger partial charge in [0.25, 0.3) is 0 Å². The van der Waals surface area contributed by atoms with Gasteiger partial charge < -0.3 is 20.0 Å². The van der Waals surface area contributed by atoms with E-state index in [1.807, 2.05) is 59.5 Å². The number of carbonyl (C=O) groups is 1. The number of amides is 1. The molecule has 188 valence electrons. The second kappa shape index (κ2) is 11.3. The van der Waals surface area contributed by atoms with Crippen LogP contribution in [0.3, 0.4) is 0 Å². The molecule has 0 radical (unpaired) electrons.